The Hall–Kier alpha value is 0.0400. The second-order valence-electron chi connectivity index (χ2n) is 2.48. The summed E-state index contributed by atoms with van der Waals surface area (Å²) in [6.07, 6.45) is 4.04. The molecule has 72 valence electrons. The molecule has 0 spiro atoms. The number of hydrogen-bond donors (Lipinski definition) is 1. The molecule has 0 aliphatic rings. The van der Waals surface area contributed by atoms with E-state index in [1.165, 1.54) is 6.08 Å². The Bertz CT molecular complexity index is 132. The molecule has 0 radical (unpaired) electrons. The van der Waals surface area contributed by atoms with Gasteiger partial charge in [0, 0.05) is 0 Å². The highest BCUT2D eigenvalue weighted by atomic mass is 79.9. The van der Waals surface area contributed by atoms with Crippen LogP contribution in [-0.2, 0) is 0 Å². The first kappa shape index (κ1) is 12.0. The number of alkyl halides is 3. The van der Waals surface area contributed by atoms with Gasteiger partial charge in [-0.3, -0.25) is 0 Å². The van der Waals surface area contributed by atoms with Crippen LogP contribution < -0.4 is 5.32 Å². The summed E-state index contributed by atoms with van der Waals surface area (Å²) >= 11 is 2.22. The molecule has 0 aromatic carbocycles. The average molecular weight is 242 g/mol. The molecule has 12 heavy (non-hydrogen) atoms. The molecule has 4 heteroatoms. The van der Waals surface area contributed by atoms with Gasteiger partial charge in [0.1, 0.15) is 0 Å². The second kappa shape index (κ2) is 6.54. The first-order valence-corrected chi connectivity index (χ1v) is 4.80. The van der Waals surface area contributed by atoms with Crippen molar-refractivity contribution >= 4 is 15.9 Å². The van der Waals surface area contributed by atoms with Gasteiger partial charge in [0.25, 0.3) is 0 Å². The van der Waals surface area contributed by atoms with Crippen molar-refractivity contribution in [2.24, 2.45) is 0 Å². The highest BCUT2D eigenvalue weighted by Gasteiger charge is 2.17. The summed E-state index contributed by atoms with van der Waals surface area (Å²) in [4.78, 5) is -2.85. The van der Waals surface area contributed by atoms with E-state index in [1.807, 2.05) is 0 Å². The van der Waals surface area contributed by atoms with Crippen LogP contribution in [0.25, 0.3) is 0 Å². The molecule has 0 unspecified atom stereocenters. The fourth-order valence-electron chi connectivity index (χ4n) is 0.704. The minimum atomic E-state index is -2.85. The van der Waals surface area contributed by atoms with Gasteiger partial charge in [-0.25, -0.2) is 0 Å². The standard InChI is InChI=1S/C8H14BrF2N/c1-2-6-12-7-4-3-5-8(9,10)11/h3,5,12H,2,4,6-7H2,1H3/b5-3+. The van der Waals surface area contributed by atoms with Gasteiger partial charge < -0.3 is 5.32 Å². The minimum absolute atomic E-state index is 0.640. The van der Waals surface area contributed by atoms with Crippen LogP contribution in [0.15, 0.2) is 12.2 Å². The van der Waals surface area contributed by atoms with Gasteiger partial charge in [0.05, 0.1) is 0 Å². The fourth-order valence-corrected chi connectivity index (χ4v) is 0.891. The Kier molecular flexibility index (Phi) is 6.57. The van der Waals surface area contributed by atoms with Crippen molar-refractivity contribution in [3.05, 3.63) is 12.2 Å². The second-order valence-corrected chi connectivity index (χ2v) is 3.54. The monoisotopic (exact) mass is 241 g/mol. The number of halogens is 3. The summed E-state index contributed by atoms with van der Waals surface area (Å²) < 4.78 is 24.2. The van der Waals surface area contributed by atoms with E-state index in [0.717, 1.165) is 25.6 Å². The highest BCUT2D eigenvalue weighted by Crippen LogP contribution is 2.22. The van der Waals surface area contributed by atoms with Gasteiger partial charge in [0.2, 0.25) is 0 Å². The van der Waals surface area contributed by atoms with Gasteiger partial charge in [-0.2, -0.15) is 8.78 Å². The van der Waals surface area contributed by atoms with Gasteiger partial charge in [-0.1, -0.05) is 13.0 Å². The van der Waals surface area contributed by atoms with Gasteiger partial charge in [-0.05, 0) is 47.9 Å². The van der Waals surface area contributed by atoms with Crippen molar-refractivity contribution in [1.82, 2.24) is 5.32 Å². The summed E-state index contributed by atoms with van der Waals surface area (Å²) in [5.74, 6) is 0. The zero-order valence-electron chi connectivity index (χ0n) is 7.12. The van der Waals surface area contributed by atoms with E-state index in [9.17, 15) is 8.78 Å². The van der Waals surface area contributed by atoms with E-state index in [4.69, 9.17) is 0 Å². The van der Waals surface area contributed by atoms with E-state index >= 15 is 0 Å². The Morgan fingerprint density at radius 1 is 1.42 bits per heavy atom. The van der Waals surface area contributed by atoms with Crippen LogP contribution in [0, 0.1) is 0 Å². The lowest BCUT2D eigenvalue weighted by atomic mass is 10.3. The van der Waals surface area contributed by atoms with Gasteiger partial charge in [-0.15, -0.1) is 0 Å². The van der Waals surface area contributed by atoms with E-state index in [-0.39, 0.29) is 0 Å². The molecule has 0 bridgehead atoms. The topological polar surface area (TPSA) is 12.0 Å². The first-order chi connectivity index (χ1) is 5.56. The summed E-state index contributed by atoms with van der Waals surface area (Å²) in [5.41, 5.74) is 0. The van der Waals surface area contributed by atoms with E-state index < -0.39 is 4.83 Å². The maximum absolute atomic E-state index is 12.1. The molecule has 1 N–H and O–H groups in total. The lowest BCUT2D eigenvalue weighted by molar-refractivity contribution is 0.171. The molecule has 0 rings (SSSR count). The van der Waals surface area contributed by atoms with E-state index in [0.29, 0.717) is 6.42 Å². The molecule has 0 atom stereocenters. The Labute approximate surface area is 80.4 Å². The SMILES string of the molecule is CCCNCC/C=C/C(F)(F)Br. The van der Waals surface area contributed by atoms with Crippen LogP contribution in [-0.4, -0.2) is 17.9 Å². The Balaban J connectivity index is 3.25. The quantitative estimate of drug-likeness (QED) is 0.429. The predicted molar refractivity (Wildman–Crippen MR) is 50.8 cm³/mol. The number of hydrogen-bond acceptors (Lipinski definition) is 1. The number of rotatable bonds is 6. The summed E-state index contributed by atoms with van der Waals surface area (Å²) in [6.45, 7) is 3.77. The van der Waals surface area contributed by atoms with E-state index in [2.05, 4.69) is 28.2 Å². The molecule has 0 aliphatic heterocycles. The normalized spacial score (nSPS) is 12.7. The predicted octanol–water partition coefficient (Wildman–Crippen LogP) is 2.92. The molecule has 0 aromatic rings. The van der Waals surface area contributed by atoms with Crippen LogP contribution in [0.5, 0.6) is 0 Å². The van der Waals surface area contributed by atoms with Crippen molar-refractivity contribution in [1.29, 1.82) is 0 Å². The summed E-state index contributed by atoms with van der Waals surface area (Å²) in [5, 5.41) is 3.11. The van der Waals surface area contributed by atoms with Crippen molar-refractivity contribution in [2.75, 3.05) is 13.1 Å². The van der Waals surface area contributed by atoms with Crippen molar-refractivity contribution in [2.45, 2.75) is 24.6 Å². The maximum Gasteiger partial charge on any atom is 0.319 e. The van der Waals surface area contributed by atoms with Crippen LogP contribution >= 0.6 is 15.9 Å². The summed E-state index contributed by atoms with van der Waals surface area (Å²) in [7, 11) is 0. The molecular formula is C8H14BrF2N. The molecule has 0 heterocycles. The molecular weight excluding hydrogens is 228 g/mol. The highest BCUT2D eigenvalue weighted by molar-refractivity contribution is 9.10. The molecule has 1 nitrogen and oxygen atoms in total. The lowest BCUT2D eigenvalue weighted by Crippen LogP contribution is -2.15. The maximum atomic E-state index is 12.1. The fraction of sp³-hybridized carbons (Fsp3) is 0.750. The molecule has 0 fully saturated rings. The average Bonchev–Trinajstić information content (AvgIpc) is 1.94. The molecule has 0 aliphatic carbocycles. The van der Waals surface area contributed by atoms with Crippen LogP contribution in [0.1, 0.15) is 19.8 Å². The van der Waals surface area contributed by atoms with Crippen LogP contribution in [0.2, 0.25) is 0 Å². The van der Waals surface area contributed by atoms with Crippen molar-refractivity contribution < 1.29 is 8.78 Å². The third kappa shape index (κ3) is 10.0. The number of nitrogens with one attached hydrogen (secondary N) is 1. The first-order valence-electron chi connectivity index (χ1n) is 4.01. The van der Waals surface area contributed by atoms with Crippen molar-refractivity contribution in [3.8, 4) is 0 Å². The Morgan fingerprint density at radius 2 is 2.08 bits per heavy atom. The molecule has 0 amide bonds. The smallest absolute Gasteiger partial charge is 0.316 e. The van der Waals surface area contributed by atoms with Gasteiger partial charge in [0.15, 0.2) is 0 Å². The Morgan fingerprint density at radius 3 is 2.58 bits per heavy atom. The molecule has 0 aromatic heterocycles. The van der Waals surface area contributed by atoms with Crippen LogP contribution in [0.3, 0.4) is 0 Å². The number of allylic oxidation sites excluding steroid dienone is 1. The minimum Gasteiger partial charge on any atom is -0.316 e. The largest absolute Gasteiger partial charge is 0.319 e. The molecule has 0 saturated carbocycles. The van der Waals surface area contributed by atoms with Gasteiger partial charge >= 0.3 is 4.83 Å². The zero-order chi connectivity index (χ0) is 9.45. The van der Waals surface area contributed by atoms with Crippen LogP contribution in [0.4, 0.5) is 8.78 Å². The lowest BCUT2D eigenvalue weighted by Gasteiger charge is -2.00. The third-order valence-corrected chi connectivity index (χ3v) is 1.49. The molecule has 0 saturated heterocycles. The van der Waals surface area contributed by atoms with Crippen molar-refractivity contribution in [3.63, 3.8) is 0 Å². The van der Waals surface area contributed by atoms with E-state index in [1.54, 1.807) is 0 Å². The zero-order valence-corrected chi connectivity index (χ0v) is 8.70. The summed E-state index contributed by atoms with van der Waals surface area (Å²) in [6, 6.07) is 0. The third-order valence-electron chi connectivity index (χ3n) is 1.22.